The average molecular weight is 259 g/mol. The highest BCUT2D eigenvalue weighted by Gasteiger charge is 2.10. The van der Waals surface area contributed by atoms with Gasteiger partial charge in [-0.2, -0.15) is 5.26 Å². The number of rotatable bonds is 5. The summed E-state index contributed by atoms with van der Waals surface area (Å²) in [5.74, 6) is 1.37. The van der Waals surface area contributed by atoms with E-state index in [-0.39, 0.29) is 0 Å². The van der Waals surface area contributed by atoms with Crippen LogP contribution in [0.4, 0.5) is 0 Å². The molecule has 0 fully saturated rings. The largest absolute Gasteiger partial charge is 0.411 e. The predicted molar refractivity (Wildman–Crippen MR) is 70.0 cm³/mol. The van der Waals surface area contributed by atoms with E-state index >= 15 is 0 Å². The van der Waals surface area contributed by atoms with Gasteiger partial charge in [0.05, 0.1) is 6.07 Å². The average Bonchev–Trinajstić information content (AvgIpc) is 2.84. The first-order valence-electron chi connectivity index (χ1n) is 5.70. The molecule has 0 atom stereocenters. The zero-order valence-electron chi connectivity index (χ0n) is 10.1. The summed E-state index contributed by atoms with van der Waals surface area (Å²) in [7, 11) is 0. The van der Waals surface area contributed by atoms with Crippen LogP contribution >= 0.6 is 11.8 Å². The summed E-state index contributed by atoms with van der Waals surface area (Å²) in [5.41, 5.74) is 2.08. The predicted octanol–water partition coefficient (Wildman–Crippen LogP) is 3.44. The molecule has 4 nitrogen and oxygen atoms in total. The van der Waals surface area contributed by atoms with E-state index in [1.165, 1.54) is 11.8 Å². The molecule has 0 aliphatic rings. The lowest BCUT2D eigenvalue weighted by Gasteiger charge is -1.98. The van der Waals surface area contributed by atoms with Crippen LogP contribution in [0.2, 0.25) is 0 Å². The van der Waals surface area contributed by atoms with E-state index in [9.17, 15) is 0 Å². The quantitative estimate of drug-likeness (QED) is 0.608. The zero-order valence-corrected chi connectivity index (χ0v) is 10.9. The van der Waals surface area contributed by atoms with Gasteiger partial charge in [-0.3, -0.25) is 0 Å². The molecule has 5 heteroatoms. The fourth-order valence-corrected chi connectivity index (χ4v) is 2.20. The van der Waals surface area contributed by atoms with Crippen LogP contribution in [0.15, 0.2) is 33.9 Å². The van der Waals surface area contributed by atoms with Crippen LogP contribution in [-0.2, 0) is 0 Å². The first-order chi connectivity index (χ1) is 8.81. The van der Waals surface area contributed by atoms with Crippen molar-refractivity contribution in [3.8, 4) is 17.5 Å². The van der Waals surface area contributed by atoms with Gasteiger partial charge in [0, 0.05) is 17.7 Å². The molecular weight excluding hydrogens is 246 g/mol. The Bertz CT molecular complexity index is 559. The van der Waals surface area contributed by atoms with Gasteiger partial charge >= 0.3 is 0 Å². The number of hydrogen-bond acceptors (Lipinski definition) is 5. The van der Waals surface area contributed by atoms with E-state index in [1.807, 2.05) is 31.2 Å². The van der Waals surface area contributed by atoms with E-state index in [4.69, 9.17) is 9.68 Å². The summed E-state index contributed by atoms with van der Waals surface area (Å²) < 4.78 is 5.59. The number of aryl methyl sites for hydroxylation is 1. The molecule has 0 N–H and O–H groups in total. The summed E-state index contributed by atoms with van der Waals surface area (Å²) in [5, 5.41) is 17.0. The maximum absolute atomic E-state index is 8.44. The molecule has 0 unspecified atom stereocenters. The van der Waals surface area contributed by atoms with Gasteiger partial charge in [0.25, 0.3) is 5.22 Å². The maximum Gasteiger partial charge on any atom is 0.276 e. The van der Waals surface area contributed by atoms with Crippen molar-refractivity contribution in [2.24, 2.45) is 0 Å². The van der Waals surface area contributed by atoms with Crippen molar-refractivity contribution in [2.45, 2.75) is 25.0 Å². The van der Waals surface area contributed by atoms with Crippen LogP contribution in [-0.4, -0.2) is 16.0 Å². The Hall–Kier alpha value is -1.80. The van der Waals surface area contributed by atoms with E-state index in [0.717, 1.165) is 23.3 Å². The summed E-state index contributed by atoms with van der Waals surface area (Å²) in [6, 6.07) is 10.0. The maximum atomic E-state index is 8.44. The number of hydrogen-bond donors (Lipinski definition) is 0. The SMILES string of the molecule is Cc1ccccc1-c1nnc(SCCCC#N)o1. The van der Waals surface area contributed by atoms with Gasteiger partial charge in [-0.15, -0.1) is 10.2 Å². The Kier molecular flexibility index (Phi) is 4.37. The molecule has 1 aromatic heterocycles. The summed E-state index contributed by atoms with van der Waals surface area (Å²) in [4.78, 5) is 0. The molecule has 18 heavy (non-hydrogen) atoms. The lowest BCUT2D eigenvalue weighted by Crippen LogP contribution is -1.81. The third-order valence-corrected chi connectivity index (χ3v) is 3.35. The van der Waals surface area contributed by atoms with Gasteiger partial charge < -0.3 is 4.42 Å². The molecule has 1 aromatic carbocycles. The molecule has 2 aromatic rings. The fourth-order valence-electron chi connectivity index (χ4n) is 1.50. The normalized spacial score (nSPS) is 10.2. The van der Waals surface area contributed by atoms with Crippen molar-refractivity contribution in [3.63, 3.8) is 0 Å². The Morgan fingerprint density at radius 3 is 2.94 bits per heavy atom. The van der Waals surface area contributed by atoms with Crippen molar-refractivity contribution in [2.75, 3.05) is 5.75 Å². The smallest absolute Gasteiger partial charge is 0.276 e. The molecule has 0 spiro atoms. The van der Waals surface area contributed by atoms with Crippen LogP contribution in [0.25, 0.3) is 11.5 Å². The molecule has 92 valence electrons. The molecule has 0 radical (unpaired) electrons. The molecular formula is C13H13N3OS. The van der Waals surface area contributed by atoms with Crippen molar-refractivity contribution < 1.29 is 4.42 Å². The standard InChI is InChI=1S/C13H13N3OS/c1-10-6-2-3-7-11(10)12-15-16-13(17-12)18-9-5-4-8-14/h2-3,6-7H,4-5,9H2,1H3. The zero-order chi connectivity index (χ0) is 12.8. The van der Waals surface area contributed by atoms with Crippen molar-refractivity contribution >= 4 is 11.8 Å². The van der Waals surface area contributed by atoms with Crippen LogP contribution in [0, 0.1) is 18.3 Å². The highest BCUT2D eigenvalue weighted by molar-refractivity contribution is 7.99. The summed E-state index contributed by atoms with van der Waals surface area (Å²) in [6.45, 7) is 2.01. The Morgan fingerprint density at radius 1 is 1.33 bits per heavy atom. The van der Waals surface area contributed by atoms with Crippen molar-refractivity contribution in [3.05, 3.63) is 29.8 Å². The number of nitrogens with zero attached hydrogens (tertiary/aromatic N) is 3. The summed E-state index contributed by atoms with van der Waals surface area (Å²) >= 11 is 1.49. The van der Waals surface area contributed by atoms with E-state index in [2.05, 4.69) is 16.3 Å². The van der Waals surface area contributed by atoms with E-state index in [0.29, 0.717) is 17.5 Å². The Labute approximate surface area is 110 Å². The second-order valence-electron chi connectivity index (χ2n) is 3.80. The first-order valence-corrected chi connectivity index (χ1v) is 6.69. The fraction of sp³-hybridized carbons (Fsp3) is 0.308. The minimum absolute atomic E-state index is 0.552. The van der Waals surface area contributed by atoms with Crippen LogP contribution < -0.4 is 0 Å². The number of thioether (sulfide) groups is 1. The minimum atomic E-state index is 0.552. The topological polar surface area (TPSA) is 62.7 Å². The highest BCUT2D eigenvalue weighted by Crippen LogP contribution is 2.25. The minimum Gasteiger partial charge on any atom is -0.411 e. The third kappa shape index (κ3) is 3.11. The first kappa shape index (κ1) is 12.7. The number of nitriles is 1. The monoisotopic (exact) mass is 259 g/mol. The molecule has 1 heterocycles. The van der Waals surface area contributed by atoms with Crippen molar-refractivity contribution in [1.29, 1.82) is 5.26 Å². The van der Waals surface area contributed by atoms with Gasteiger partial charge in [-0.05, 0) is 25.0 Å². The van der Waals surface area contributed by atoms with Gasteiger partial charge in [-0.25, -0.2) is 0 Å². The number of aromatic nitrogens is 2. The molecule has 0 saturated heterocycles. The van der Waals surface area contributed by atoms with Crippen molar-refractivity contribution in [1.82, 2.24) is 10.2 Å². The van der Waals surface area contributed by atoms with E-state index < -0.39 is 0 Å². The second-order valence-corrected chi connectivity index (χ2v) is 4.84. The lowest BCUT2D eigenvalue weighted by molar-refractivity contribution is 0.465. The molecule has 0 aliphatic carbocycles. The third-order valence-electron chi connectivity index (χ3n) is 2.44. The van der Waals surface area contributed by atoms with Gasteiger partial charge in [-0.1, -0.05) is 30.0 Å². The molecule has 0 amide bonds. The summed E-state index contributed by atoms with van der Waals surface area (Å²) in [6.07, 6.45) is 1.40. The van der Waals surface area contributed by atoms with Gasteiger partial charge in [0.1, 0.15) is 0 Å². The second kappa shape index (κ2) is 6.22. The van der Waals surface area contributed by atoms with Gasteiger partial charge in [0.2, 0.25) is 5.89 Å². The van der Waals surface area contributed by atoms with Crippen LogP contribution in [0.5, 0.6) is 0 Å². The number of benzene rings is 1. The molecule has 0 saturated carbocycles. The highest BCUT2D eigenvalue weighted by atomic mass is 32.2. The van der Waals surface area contributed by atoms with E-state index in [1.54, 1.807) is 0 Å². The molecule has 0 bridgehead atoms. The Balaban J connectivity index is 2.03. The Morgan fingerprint density at radius 2 is 2.17 bits per heavy atom. The van der Waals surface area contributed by atoms with Gasteiger partial charge in [0.15, 0.2) is 0 Å². The van der Waals surface area contributed by atoms with Crippen LogP contribution in [0.3, 0.4) is 0 Å². The lowest BCUT2D eigenvalue weighted by atomic mass is 10.1. The van der Waals surface area contributed by atoms with Crippen LogP contribution in [0.1, 0.15) is 18.4 Å². The molecule has 0 aliphatic heterocycles. The number of unbranched alkanes of at least 4 members (excludes halogenated alkanes) is 1. The molecule has 2 rings (SSSR count).